The SMILES string of the molecule is CC(C)=CCC/C(C)=C/CCC1=C[C@H](c2cc(F)c(F)c(F)c2)OC1O. The monoisotopic (exact) mass is 366 g/mol. The number of halogens is 3. The maximum Gasteiger partial charge on any atom is 0.194 e. The van der Waals surface area contributed by atoms with E-state index in [9.17, 15) is 18.3 Å². The fourth-order valence-corrected chi connectivity index (χ4v) is 2.84. The van der Waals surface area contributed by atoms with Gasteiger partial charge in [-0.05, 0) is 75.8 Å². The Morgan fingerprint density at radius 1 is 1.08 bits per heavy atom. The van der Waals surface area contributed by atoms with Crippen molar-refractivity contribution in [3.05, 3.63) is 70.1 Å². The molecule has 0 saturated carbocycles. The van der Waals surface area contributed by atoms with Gasteiger partial charge in [-0.15, -0.1) is 0 Å². The molecule has 1 unspecified atom stereocenters. The zero-order chi connectivity index (χ0) is 19.3. The Hall–Kier alpha value is -1.85. The van der Waals surface area contributed by atoms with Gasteiger partial charge in [0.2, 0.25) is 0 Å². The first-order chi connectivity index (χ1) is 12.3. The molecular formula is C21H25F3O2. The van der Waals surface area contributed by atoms with Gasteiger partial charge >= 0.3 is 0 Å². The molecule has 0 aromatic heterocycles. The lowest BCUT2D eigenvalue weighted by molar-refractivity contribution is -0.0818. The van der Waals surface area contributed by atoms with Crippen LogP contribution in [0.3, 0.4) is 0 Å². The molecule has 0 spiro atoms. The lowest BCUT2D eigenvalue weighted by Gasteiger charge is -2.12. The molecule has 0 fully saturated rings. The quantitative estimate of drug-likeness (QED) is 0.481. The molecule has 5 heteroatoms. The Balaban J connectivity index is 1.96. The van der Waals surface area contributed by atoms with E-state index in [2.05, 4.69) is 32.9 Å². The summed E-state index contributed by atoms with van der Waals surface area (Å²) in [5.74, 6) is -4.05. The van der Waals surface area contributed by atoms with Crippen LogP contribution in [0.5, 0.6) is 0 Å². The number of ether oxygens (including phenoxy) is 1. The van der Waals surface area contributed by atoms with Gasteiger partial charge < -0.3 is 9.84 Å². The van der Waals surface area contributed by atoms with Gasteiger partial charge in [0.15, 0.2) is 23.7 Å². The van der Waals surface area contributed by atoms with Crippen molar-refractivity contribution in [2.24, 2.45) is 0 Å². The van der Waals surface area contributed by atoms with Crippen molar-refractivity contribution in [3.63, 3.8) is 0 Å². The van der Waals surface area contributed by atoms with E-state index < -0.39 is 29.8 Å². The van der Waals surface area contributed by atoms with Crippen LogP contribution in [-0.2, 0) is 4.74 Å². The van der Waals surface area contributed by atoms with Gasteiger partial charge in [0, 0.05) is 0 Å². The molecule has 0 amide bonds. The summed E-state index contributed by atoms with van der Waals surface area (Å²) in [5.41, 5.74) is 3.38. The van der Waals surface area contributed by atoms with Crippen LogP contribution < -0.4 is 0 Å². The van der Waals surface area contributed by atoms with E-state index in [0.717, 1.165) is 31.4 Å². The minimum atomic E-state index is -1.51. The Labute approximate surface area is 152 Å². The van der Waals surface area contributed by atoms with Crippen LogP contribution in [-0.4, -0.2) is 11.4 Å². The van der Waals surface area contributed by atoms with Gasteiger partial charge in [-0.3, -0.25) is 0 Å². The van der Waals surface area contributed by atoms with Crippen LogP contribution in [0, 0.1) is 17.5 Å². The van der Waals surface area contributed by atoms with Crippen molar-refractivity contribution >= 4 is 0 Å². The van der Waals surface area contributed by atoms with E-state index in [1.807, 2.05) is 0 Å². The summed E-state index contributed by atoms with van der Waals surface area (Å²) in [6.45, 7) is 6.21. The Morgan fingerprint density at radius 3 is 2.35 bits per heavy atom. The van der Waals surface area contributed by atoms with E-state index >= 15 is 0 Å². The molecule has 2 atom stereocenters. The molecule has 0 saturated heterocycles. The molecule has 142 valence electrons. The van der Waals surface area contributed by atoms with Crippen LogP contribution in [0.4, 0.5) is 13.2 Å². The highest BCUT2D eigenvalue weighted by Crippen LogP contribution is 2.33. The summed E-state index contributed by atoms with van der Waals surface area (Å²) < 4.78 is 45.1. The number of allylic oxidation sites excluding steroid dienone is 4. The van der Waals surface area contributed by atoms with E-state index in [0.29, 0.717) is 12.0 Å². The first-order valence-corrected chi connectivity index (χ1v) is 8.75. The van der Waals surface area contributed by atoms with E-state index in [1.165, 1.54) is 11.1 Å². The molecule has 1 aliphatic heterocycles. The van der Waals surface area contributed by atoms with Gasteiger partial charge in [-0.25, -0.2) is 13.2 Å². The molecule has 0 aliphatic carbocycles. The van der Waals surface area contributed by atoms with Gasteiger partial charge in [0.1, 0.15) is 6.10 Å². The van der Waals surface area contributed by atoms with Crippen LogP contribution >= 0.6 is 0 Å². The van der Waals surface area contributed by atoms with Gasteiger partial charge in [-0.1, -0.05) is 23.3 Å². The molecule has 1 aromatic rings. The third kappa shape index (κ3) is 5.58. The lowest BCUT2D eigenvalue weighted by atomic mass is 10.0. The number of aliphatic hydroxyl groups excluding tert-OH is 1. The highest BCUT2D eigenvalue weighted by atomic mass is 19.2. The van der Waals surface area contributed by atoms with Crippen molar-refractivity contribution in [1.82, 2.24) is 0 Å². The highest BCUT2D eigenvalue weighted by molar-refractivity contribution is 5.29. The number of rotatable bonds is 7. The molecule has 26 heavy (non-hydrogen) atoms. The average molecular weight is 366 g/mol. The molecule has 0 bridgehead atoms. The first-order valence-electron chi connectivity index (χ1n) is 8.75. The molecular weight excluding hydrogens is 341 g/mol. The Morgan fingerprint density at radius 2 is 1.73 bits per heavy atom. The summed E-state index contributed by atoms with van der Waals surface area (Å²) >= 11 is 0. The molecule has 2 nitrogen and oxygen atoms in total. The maximum atomic E-state index is 13.4. The largest absolute Gasteiger partial charge is 0.364 e. The molecule has 1 aromatic carbocycles. The predicted octanol–water partition coefficient (Wildman–Crippen LogP) is 5.89. The molecule has 0 radical (unpaired) electrons. The number of hydrogen-bond acceptors (Lipinski definition) is 2. The average Bonchev–Trinajstić information content (AvgIpc) is 2.93. The molecule has 1 aliphatic rings. The van der Waals surface area contributed by atoms with Gasteiger partial charge in [0.05, 0.1) is 0 Å². The molecule has 1 N–H and O–H groups in total. The zero-order valence-electron chi connectivity index (χ0n) is 15.4. The zero-order valence-corrected chi connectivity index (χ0v) is 15.4. The van der Waals surface area contributed by atoms with E-state index in [-0.39, 0.29) is 5.56 Å². The van der Waals surface area contributed by atoms with Crippen molar-refractivity contribution in [1.29, 1.82) is 0 Å². The second kappa shape index (κ2) is 9.19. The standard InChI is InChI=1S/C21H25F3O2/c1-13(2)6-4-7-14(3)8-5-9-15-12-19(26-21(15)25)16-10-17(22)20(24)18(23)11-16/h6,8,10-12,19,21,25H,4-5,7,9H2,1-3H3/b14-8+/t19-,21?/m1/s1. The Kier molecular flexibility index (Phi) is 7.23. The minimum absolute atomic E-state index is 0.142. The normalized spacial score (nSPS) is 20.3. The summed E-state index contributed by atoms with van der Waals surface area (Å²) in [5, 5.41) is 10.0. The summed E-state index contributed by atoms with van der Waals surface area (Å²) in [6, 6.07) is 1.78. The van der Waals surface area contributed by atoms with Crippen LogP contribution in [0.2, 0.25) is 0 Å². The fourth-order valence-electron chi connectivity index (χ4n) is 2.84. The Bertz CT molecular complexity index is 708. The third-order valence-corrected chi connectivity index (χ3v) is 4.31. The third-order valence-electron chi connectivity index (χ3n) is 4.31. The highest BCUT2D eigenvalue weighted by Gasteiger charge is 2.27. The van der Waals surface area contributed by atoms with Crippen LogP contribution in [0.1, 0.15) is 58.1 Å². The number of benzene rings is 1. The van der Waals surface area contributed by atoms with Gasteiger partial charge in [-0.2, -0.15) is 0 Å². The van der Waals surface area contributed by atoms with Crippen molar-refractivity contribution < 1.29 is 23.0 Å². The maximum absolute atomic E-state index is 13.4. The second-order valence-electron chi connectivity index (χ2n) is 6.86. The van der Waals surface area contributed by atoms with Crippen molar-refractivity contribution in [2.75, 3.05) is 0 Å². The first kappa shape index (κ1) is 20.5. The number of aliphatic hydroxyl groups is 1. The minimum Gasteiger partial charge on any atom is -0.364 e. The van der Waals surface area contributed by atoms with Gasteiger partial charge in [0.25, 0.3) is 0 Å². The van der Waals surface area contributed by atoms with E-state index in [1.54, 1.807) is 6.08 Å². The number of hydrogen-bond donors (Lipinski definition) is 1. The summed E-state index contributed by atoms with van der Waals surface area (Å²) in [6.07, 6.45) is 7.38. The summed E-state index contributed by atoms with van der Waals surface area (Å²) in [7, 11) is 0. The predicted molar refractivity (Wildman–Crippen MR) is 95.9 cm³/mol. The fraction of sp³-hybridized carbons (Fsp3) is 0.429. The second-order valence-corrected chi connectivity index (χ2v) is 6.86. The topological polar surface area (TPSA) is 29.5 Å². The molecule has 2 rings (SSSR count). The smallest absolute Gasteiger partial charge is 0.194 e. The van der Waals surface area contributed by atoms with E-state index in [4.69, 9.17) is 4.74 Å². The molecule has 1 heterocycles. The van der Waals surface area contributed by atoms with Crippen molar-refractivity contribution in [3.8, 4) is 0 Å². The summed E-state index contributed by atoms with van der Waals surface area (Å²) in [4.78, 5) is 0. The van der Waals surface area contributed by atoms with Crippen LogP contribution in [0.25, 0.3) is 0 Å². The van der Waals surface area contributed by atoms with Crippen molar-refractivity contribution in [2.45, 2.75) is 58.8 Å². The van der Waals surface area contributed by atoms with Crippen LogP contribution in [0.15, 0.2) is 47.1 Å². The lowest BCUT2D eigenvalue weighted by Crippen LogP contribution is -2.10.